The van der Waals surface area contributed by atoms with Gasteiger partial charge in [0.25, 0.3) is 0 Å². The monoisotopic (exact) mass is 241 g/mol. The Labute approximate surface area is 88.5 Å². The summed E-state index contributed by atoms with van der Waals surface area (Å²) in [4.78, 5) is 3.66. The molecule has 1 heterocycles. The number of hydrogen-bond donors (Lipinski definition) is 1. The van der Waals surface area contributed by atoms with Gasteiger partial charge in [0.15, 0.2) is 11.5 Å². The highest BCUT2D eigenvalue weighted by Gasteiger charge is 2.33. The highest BCUT2D eigenvalue weighted by Crippen LogP contribution is 2.36. The summed E-state index contributed by atoms with van der Waals surface area (Å²) in [7, 11) is 0. The Morgan fingerprint density at radius 1 is 1.53 bits per heavy atom. The van der Waals surface area contributed by atoms with Crippen LogP contribution in [-0.2, 0) is 5.88 Å². The van der Waals surface area contributed by atoms with Crippen LogP contribution in [0, 0.1) is 6.92 Å². The standard InChI is InChI=1S/C8H7ClF3NO2/c1-4-6(14)7(15-8(10,11)12)5(2-9)3-13-4/h3,14H,2H2,1H3. The van der Waals surface area contributed by atoms with Gasteiger partial charge in [-0.25, -0.2) is 0 Å². The Balaban J connectivity index is 3.18. The Morgan fingerprint density at radius 2 is 2.13 bits per heavy atom. The smallest absolute Gasteiger partial charge is 0.503 e. The Bertz CT molecular complexity index is 368. The molecular formula is C8H7ClF3NO2. The summed E-state index contributed by atoms with van der Waals surface area (Å²) in [6.45, 7) is 1.36. The molecule has 0 saturated heterocycles. The molecule has 0 fully saturated rings. The molecule has 0 spiro atoms. The Morgan fingerprint density at radius 3 is 2.60 bits per heavy atom. The van der Waals surface area contributed by atoms with Crippen LogP contribution in [0.15, 0.2) is 6.20 Å². The minimum absolute atomic E-state index is 0.0166. The molecule has 84 valence electrons. The molecule has 0 aromatic carbocycles. The van der Waals surface area contributed by atoms with Crippen molar-refractivity contribution in [3.05, 3.63) is 17.5 Å². The van der Waals surface area contributed by atoms with Gasteiger partial charge < -0.3 is 9.84 Å². The fraction of sp³-hybridized carbons (Fsp3) is 0.375. The minimum atomic E-state index is -4.87. The zero-order valence-electron chi connectivity index (χ0n) is 7.60. The van der Waals surface area contributed by atoms with Crippen molar-refractivity contribution in [1.29, 1.82) is 0 Å². The van der Waals surface area contributed by atoms with E-state index in [1.54, 1.807) is 0 Å². The number of ether oxygens (including phenoxy) is 1. The molecule has 3 nitrogen and oxygen atoms in total. The first-order chi connectivity index (χ1) is 6.85. The average Bonchev–Trinajstić information content (AvgIpc) is 2.11. The molecule has 0 amide bonds. The minimum Gasteiger partial charge on any atom is -0.503 e. The maximum Gasteiger partial charge on any atom is 0.573 e. The van der Waals surface area contributed by atoms with Gasteiger partial charge >= 0.3 is 6.36 Å². The van der Waals surface area contributed by atoms with Crippen LogP contribution in [0.2, 0.25) is 0 Å². The molecule has 1 rings (SSSR count). The second kappa shape index (κ2) is 4.14. The van der Waals surface area contributed by atoms with Gasteiger partial charge in [0.1, 0.15) is 0 Å². The number of aryl methyl sites for hydroxylation is 1. The number of aromatic hydroxyl groups is 1. The molecule has 0 bridgehead atoms. The highest BCUT2D eigenvalue weighted by atomic mass is 35.5. The molecule has 15 heavy (non-hydrogen) atoms. The van der Waals surface area contributed by atoms with E-state index in [0.29, 0.717) is 0 Å². The fourth-order valence-corrected chi connectivity index (χ4v) is 1.13. The second-order valence-electron chi connectivity index (χ2n) is 2.73. The zero-order valence-corrected chi connectivity index (χ0v) is 8.35. The Hall–Kier alpha value is -1.17. The van der Waals surface area contributed by atoms with E-state index in [9.17, 15) is 18.3 Å². The third-order valence-corrected chi connectivity index (χ3v) is 1.91. The summed E-state index contributed by atoms with van der Waals surface area (Å²) in [5, 5.41) is 9.33. The molecule has 7 heteroatoms. The first kappa shape index (κ1) is 11.9. The van der Waals surface area contributed by atoms with Crippen LogP contribution >= 0.6 is 11.6 Å². The van der Waals surface area contributed by atoms with Gasteiger partial charge in [0.05, 0.1) is 11.6 Å². The van der Waals surface area contributed by atoms with Crippen molar-refractivity contribution in [2.45, 2.75) is 19.2 Å². The van der Waals surface area contributed by atoms with Crippen molar-refractivity contribution in [1.82, 2.24) is 4.98 Å². The molecule has 0 radical (unpaired) electrons. The summed E-state index contributed by atoms with van der Waals surface area (Å²) in [6, 6.07) is 0. The number of hydrogen-bond acceptors (Lipinski definition) is 3. The number of halogens is 4. The van der Waals surface area contributed by atoms with Gasteiger partial charge in [-0.1, -0.05) is 0 Å². The topological polar surface area (TPSA) is 42.4 Å². The summed E-state index contributed by atoms with van der Waals surface area (Å²) >= 11 is 5.39. The van der Waals surface area contributed by atoms with E-state index in [1.807, 2.05) is 0 Å². The van der Waals surface area contributed by atoms with Crippen molar-refractivity contribution in [3.8, 4) is 11.5 Å². The first-order valence-corrected chi connectivity index (χ1v) is 4.37. The molecular weight excluding hydrogens is 235 g/mol. The van der Waals surface area contributed by atoms with Crippen LogP contribution in [0.4, 0.5) is 13.2 Å². The van der Waals surface area contributed by atoms with Gasteiger partial charge in [-0.2, -0.15) is 0 Å². The molecule has 0 aliphatic carbocycles. The fourth-order valence-electron chi connectivity index (χ4n) is 0.936. The SMILES string of the molecule is Cc1ncc(CCl)c(OC(F)(F)F)c1O. The number of nitrogens with zero attached hydrogens (tertiary/aromatic N) is 1. The summed E-state index contributed by atoms with van der Waals surface area (Å²) in [5.41, 5.74) is 0.0280. The second-order valence-corrected chi connectivity index (χ2v) is 3.00. The summed E-state index contributed by atoms with van der Waals surface area (Å²) in [6.07, 6.45) is -3.74. The van der Waals surface area contributed by atoms with Crippen molar-refractivity contribution >= 4 is 11.6 Å². The molecule has 0 saturated carbocycles. The number of alkyl halides is 4. The third-order valence-electron chi connectivity index (χ3n) is 1.63. The molecule has 1 aromatic rings. The first-order valence-electron chi connectivity index (χ1n) is 3.84. The molecule has 1 aromatic heterocycles. The largest absolute Gasteiger partial charge is 0.573 e. The zero-order chi connectivity index (χ0) is 11.6. The van der Waals surface area contributed by atoms with Crippen molar-refractivity contribution in [2.24, 2.45) is 0 Å². The average molecular weight is 242 g/mol. The van der Waals surface area contributed by atoms with Gasteiger partial charge in [0, 0.05) is 11.8 Å². The van der Waals surface area contributed by atoms with Crippen LogP contribution in [0.3, 0.4) is 0 Å². The van der Waals surface area contributed by atoms with E-state index < -0.39 is 17.9 Å². The predicted octanol–water partition coefficient (Wildman–Crippen LogP) is 2.73. The van der Waals surface area contributed by atoms with Gasteiger partial charge in [0.2, 0.25) is 0 Å². The lowest BCUT2D eigenvalue weighted by atomic mass is 10.2. The van der Waals surface area contributed by atoms with E-state index in [1.165, 1.54) is 6.92 Å². The van der Waals surface area contributed by atoms with Crippen molar-refractivity contribution in [3.63, 3.8) is 0 Å². The van der Waals surface area contributed by atoms with E-state index >= 15 is 0 Å². The molecule has 1 N–H and O–H groups in total. The highest BCUT2D eigenvalue weighted by molar-refractivity contribution is 6.17. The number of aromatic nitrogens is 1. The van der Waals surface area contributed by atoms with E-state index in [2.05, 4.69) is 9.72 Å². The van der Waals surface area contributed by atoms with Crippen LogP contribution in [-0.4, -0.2) is 16.5 Å². The van der Waals surface area contributed by atoms with E-state index in [4.69, 9.17) is 11.6 Å². The molecule has 0 unspecified atom stereocenters. The molecule has 0 aliphatic rings. The maximum absolute atomic E-state index is 12.0. The van der Waals surface area contributed by atoms with Crippen LogP contribution in [0.1, 0.15) is 11.3 Å². The van der Waals surface area contributed by atoms with Gasteiger partial charge in [-0.15, -0.1) is 24.8 Å². The van der Waals surface area contributed by atoms with Gasteiger partial charge in [-0.05, 0) is 6.92 Å². The van der Waals surface area contributed by atoms with E-state index in [0.717, 1.165) is 6.20 Å². The lowest BCUT2D eigenvalue weighted by molar-refractivity contribution is -0.275. The van der Waals surface area contributed by atoms with Crippen molar-refractivity contribution < 1.29 is 23.0 Å². The van der Waals surface area contributed by atoms with E-state index in [-0.39, 0.29) is 17.1 Å². The summed E-state index contributed by atoms with van der Waals surface area (Å²) < 4.78 is 39.6. The number of pyridine rings is 1. The van der Waals surface area contributed by atoms with Crippen LogP contribution in [0.5, 0.6) is 11.5 Å². The van der Waals surface area contributed by atoms with Crippen molar-refractivity contribution in [2.75, 3.05) is 0 Å². The lowest BCUT2D eigenvalue weighted by Crippen LogP contribution is -2.18. The van der Waals surface area contributed by atoms with Crippen LogP contribution < -0.4 is 4.74 Å². The third kappa shape index (κ3) is 2.89. The lowest BCUT2D eigenvalue weighted by Gasteiger charge is -2.13. The quantitative estimate of drug-likeness (QED) is 0.810. The Kier molecular flexibility index (Phi) is 3.28. The summed E-state index contributed by atoms with van der Waals surface area (Å²) in [5.74, 6) is -1.57. The predicted molar refractivity (Wildman–Crippen MR) is 46.9 cm³/mol. The van der Waals surface area contributed by atoms with Gasteiger partial charge in [-0.3, -0.25) is 4.98 Å². The normalized spacial score (nSPS) is 11.5. The maximum atomic E-state index is 12.0. The number of rotatable bonds is 2. The molecule has 0 atom stereocenters. The van der Waals surface area contributed by atoms with Crippen LogP contribution in [0.25, 0.3) is 0 Å². The molecule has 0 aliphatic heterocycles.